The van der Waals surface area contributed by atoms with Gasteiger partial charge in [0.25, 0.3) is 0 Å². The molecule has 1 aromatic heterocycles. The molecule has 0 fully saturated rings. The number of aromatic nitrogens is 3. The SMILES string of the molecule is CNCC(C)C(=O)Nc1cccc(-n2cnnc2)c1. The predicted molar refractivity (Wildman–Crippen MR) is 73.1 cm³/mol. The van der Waals surface area contributed by atoms with Crippen LogP contribution in [0.15, 0.2) is 36.9 Å². The van der Waals surface area contributed by atoms with Crippen molar-refractivity contribution in [1.29, 1.82) is 0 Å². The summed E-state index contributed by atoms with van der Waals surface area (Å²) in [5.41, 5.74) is 1.67. The lowest BCUT2D eigenvalue weighted by atomic mass is 10.1. The Morgan fingerprint density at radius 2 is 2.11 bits per heavy atom. The lowest BCUT2D eigenvalue weighted by Crippen LogP contribution is -2.28. The van der Waals surface area contributed by atoms with Crippen LogP contribution in [0.25, 0.3) is 5.69 Å². The van der Waals surface area contributed by atoms with Crippen molar-refractivity contribution in [2.45, 2.75) is 6.92 Å². The molecule has 6 nitrogen and oxygen atoms in total. The first-order valence-electron chi connectivity index (χ1n) is 6.11. The number of hydrogen-bond donors (Lipinski definition) is 2. The van der Waals surface area contributed by atoms with E-state index in [0.717, 1.165) is 11.4 Å². The van der Waals surface area contributed by atoms with Gasteiger partial charge in [-0.1, -0.05) is 13.0 Å². The fourth-order valence-electron chi connectivity index (χ4n) is 1.74. The largest absolute Gasteiger partial charge is 0.326 e. The highest BCUT2D eigenvalue weighted by Crippen LogP contribution is 2.14. The first-order valence-corrected chi connectivity index (χ1v) is 6.11. The fraction of sp³-hybridized carbons (Fsp3) is 0.308. The molecule has 0 bridgehead atoms. The summed E-state index contributed by atoms with van der Waals surface area (Å²) in [7, 11) is 1.83. The van der Waals surface area contributed by atoms with Gasteiger partial charge in [0.05, 0.1) is 5.69 Å². The molecule has 0 saturated carbocycles. The van der Waals surface area contributed by atoms with E-state index in [9.17, 15) is 4.79 Å². The second-order valence-electron chi connectivity index (χ2n) is 4.37. The van der Waals surface area contributed by atoms with Crippen LogP contribution in [-0.4, -0.2) is 34.3 Å². The van der Waals surface area contributed by atoms with Crippen molar-refractivity contribution in [2.24, 2.45) is 5.92 Å². The van der Waals surface area contributed by atoms with Gasteiger partial charge in [0.1, 0.15) is 12.7 Å². The van der Waals surface area contributed by atoms with Crippen molar-refractivity contribution in [3.63, 3.8) is 0 Å². The average molecular weight is 259 g/mol. The minimum absolute atomic E-state index is 0.00439. The summed E-state index contributed by atoms with van der Waals surface area (Å²) < 4.78 is 1.78. The van der Waals surface area contributed by atoms with Gasteiger partial charge in [-0.25, -0.2) is 0 Å². The van der Waals surface area contributed by atoms with Gasteiger partial charge in [-0.3, -0.25) is 9.36 Å². The highest BCUT2D eigenvalue weighted by Gasteiger charge is 2.12. The van der Waals surface area contributed by atoms with Crippen LogP contribution in [0.2, 0.25) is 0 Å². The van der Waals surface area contributed by atoms with Crippen LogP contribution in [-0.2, 0) is 4.79 Å². The standard InChI is InChI=1S/C13H17N5O/c1-10(7-14-2)13(19)17-11-4-3-5-12(6-11)18-8-15-16-9-18/h3-6,8-10,14H,7H2,1-2H3,(H,17,19). The van der Waals surface area contributed by atoms with Crippen LogP contribution in [0.3, 0.4) is 0 Å². The first kappa shape index (κ1) is 13.2. The van der Waals surface area contributed by atoms with E-state index in [1.807, 2.05) is 38.2 Å². The molecule has 1 aromatic carbocycles. The molecule has 100 valence electrons. The van der Waals surface area contributed by atoms with E-state index in [2.05, 4.69) is 20.8 Å². The van der Waals surface area contributed by atoms with E-state index >= 15 is 0 Å². The highest BCUT2D eigenvalue weighted by atomic mass is 16.1. The second kappa shape index (κ2) is 6.10. The average Bonchev–Trinajstić information content (AvgIpc) is 2.93. The molecule has 0 radical (unpaired) electrons. The maximum atomic E-state index is 11.9. The summed E-state index contributed by atoms with van der Waals surface area (Å²) in [6, 6.07) is 7.55. The summed E-state index contributed by atoms with van der Waals surface area (Å²) in [5.74, 6) is -0.0844. The summed E-state index contributed by atoms with van der Waals surface area (Å²) in [4.78, 5) is 11.9. The number of carbonyl (C=O) groups is 1. The molecule has 2 aromatic rings. The van der Waals surface area contributed by atoms with E-state index in [1.54, 1.807) is 17.2 Å². The smallest absolute Gasteiger partial charge is 0.228 e. The Bertz CT molecular complexity index is 538. The summed E-state index contributed by atoms with van der Waals surface area (Å²) in [6.45, 7) is 2.53. The van der Waals surface area contributed by atoms with Crippen molar-refractivity contribution < 1.29 is 4.79 Å². The van der Waals surface area contributed by atoms with Gasteiger partial charge in [0.15, 0.2) is 0 Å². The topological polar surface area (TPSA) is 71.8 Å². The number of nitrogens with one attached hydrogen (secondary N) is 2. The molecular weight excluding hydrogens is 242 g/mol. The molecule has 0 spiro atoms. The molecule has 1 heterocycles. The van der Waals surface area contributed by atoms with E-state index < -0.39 is 0 Å². The number of rotatable bonds is 5. The number of hydrogen-bond acceptors (Lipinski definition) is 4. The maximum absolute atomic E-state index is 11.9. The molecule has 0 aliphatic heterocycles. The molecule has 1 unspecified atom stereocenters. The Morgan fingerprint density at radius 1 is 1.37 bits per heavy atom. The zero-order valence-electron chi connectivity index (χ0n) is 11.0. The molecule has 0 saturated heterocycles. The Labute approximate surface area is 111 Å². The third-order valence-corrected chi connectivity index (χ3v) is 2.79. The van der Waals surface area contributed by atoms with E-state index in [4.69, 9.17) is 0 Å². The molecule has 2 N–H and O–H groups in total. The third kappa shape index (κ3) is 3.38. The zero-order valence-corrected chi connectivity index (χ0v) is 11.0. The fourth-order valence-corrected chi connectivity index (χ4v) is 1.74. The van der Waals surface area contributed by atoms with Crippen molar-refractivity contribution in [1.82, 2.24) is 20.1 Å². The van der Waals surface area contributed by atoms with Gasteiger partial charge >= 0.3 is 0 Å². The molecular formula is C13H17N5O. The van der Waals surface area contributed by atoms with Gasteiger partial charge in [0.2, 0.25) is 5.91 Å². The van der Waals surface area contributed by atoms with E-state index in [1.165, 1.54) is 0 Å². The summed E-state index contributed by atoms with van der Waals surface area (Å²) in [6.07, 6.45) is 3.23. The van der Waals surface area contributed by atoms with Crippen LogP contribution in [0, 0.1) is 5.92 Å². The number of amides is 1. The normalized spacial score (nSPS) is 12.1. The minimum Gasteiger partial charge on any atom is -0.326 e. The van der Waals surface area contributed by atoms with E-state index in [0.29, 0.717) is 6.54 Å². The quantitative estimate of drug-likeness (QED) is 0.842. The van der Waals surface area contributed by atoms with Crippen molar-refractivity contribution >= 4 is 11.6 Å². The van der Waals surface area contributed by atoms with E-state index in [-0.39, 0.29) is 11.8 Å². The van der Waals surface area contributed by atoms with Crippen molar-refractivity contribution in [3.8, 4) is 5.69 Å². The molecule has 1 amide bonds. The molecule has 19 heavy (non-hydrogen) atoms. The van der Waals surface area contributed by atoms with Crippen LogP contribution in [0.5, 0.6) is 0 Å². The Morgan fingerprint density at radius 3 is 2.79 bits per heavy atom. The van der Waals surface area contributed by atoms with Gasteiger partial charge in [-0.05, 0) is 25.2 Å². The van der Waals surface area contributed by atoms with Gasteiger partial charge in [0, 0.05) is 18.2 Å². The zero-order chi connectivity index (χ0) is 13.7. The summed E-state index contributed by atoms with van der Waals surface area (Å²) >= 11 is 0. The molecule has 2 rings (SSSR count). The number of benzene rings is 1. The number of nitrogens with zero attached hydrogens (tertiary/aromatic N) is 3. The Hall–Kier alpha value is -2.21. The van der Waals surface area contributed by atoms with Crippen molar-refractivity contribution in [3.05, 3.63) is 36.9 Å². The Balaban J connectivity index is 2.09. The number of anilines is 1. The highest BCUT2D eigenvalue weighted by molar-refractivity contribution is 5.92. The number of carbonyl (C=O) groups excluding carboxylic acids is 1. The van der Waals surface area contributed by atoms with Crippen molar-refractivity contribution in [2.75, 3.05) is 18.9 Å². The molecule has 6 heteroatoms. The lowest BCUT2D eigenvalue weighted by molar-refractivity contribution is -0.119. The lowest BCUT2D eigenvalue weighted by Gasteiger charge is -2.12. The molecule has 0 aliphatic rings. The summed E-state index contributed by atoms with van der Waals surface area (Å²) in [5, 5.41) is 13.4. The van der Waals surface area contributed by atoms with Crippen LogP contribution in [0.4, 0.5) is 5.69 Å². The third-order valence-electron chi connectivity index (χ3n) is 2.79. The first-order chi connectivity index (χ1) is 9.20. The Kier molecular flexibility index (Phi) is 4.25. The molecule has 0 aliphatic carbocycles. The second-order valence-corrected chi connectivity index (χ2v) is 4.37. The van der Waals surface area contributed by atoms with Gasteiger partial charge in [-0.15, -0.1) is 10.2 Å². The van der Waals surface area contributed by atoms with Gasteiger partial charge in [-0.2, -0.15) is 0 Å². The molecule has 1 atom stereocenters. The van der Waals surface area contributed by atoms with Crippen LogP contribution >= 0.6 is 0 Å². The maximum Gasteiger partial charge on any atom is 0.228 e. The minimum atomic E-state index is -0.0800. The predicted octanol–water partition coefficient (Wildman–Crippen LogP) is 1.06. The van der Waals surface area contributed by atoms with Gasteiger partial charge < -0.3 is 10.6 Å². The monoisotopic (exact) mass is 259 g/mol. The van der Waals surface area contributed by atoms with Crippen LogP contribution in [0.1, 0.15) is 6.92 Å². The van der Waals surface area contributed by atoms with Crippen LogP contribution < -0.4 is 10.6 Å².